The van der Waals surface area contributed by atoms with Crippen molar-refractivity contribution in [2.24, 2.45) is 7.05 Å². The number of benzene rings is 1. The molecule has 1 fully saturated rings. The van der Waals surface area contributed by atoms with Gasteiger partial charge in [-0.1, -0.05) is 0 Å². The van der Waals surface area contributed by atoms with Gasteiger partial charge in [0.25, 0.3) is 0 Å². The van der Waals surface area contributed by atoms with Crippen LogP contribution in [0.25, 0.3) is 11.1 Å². The number of piperazine rings is 1. The molecule has 1 amide bonds. The number of nitrogens with zero attached hydrogens (tertiary/aromatic N) is 6. The van der Waals surface area contributed by atoms with E-state index in [4.69, 9.17) is 11.1 Å². The van der Waals surface area contributed by atoms with Gasteiger partial charge in [0.05, 0.1) is 24.1 Å². The third-order valence-electron chi connectivity index (χ3n) is 5.11. The van der Waals surface area contributed by atoms with Gasteiger partial charge in [-0.25, -0.2) is 14.4 Å². The first kappa shape index (κ1) is 19.5. The van der Waals surface area contributed by atoms with Gasteiger partial charge in [-0.05, 0) is 12.1 Å². The van der Waals surface area contributed by atoms with E-state index in [9.17, 15) is 9.18 Å². The number of halogens is 1. The van der Waals surface area contributed by atoms with Crippen molar-refractivity contribution in [2.45, 2.75) is 0 Å². The van der Waals surface area contributed by atoms with Gasteiger partial charge in [-0.3, -0.25) is 14.9 Å². The maximum atomic E-state index is 14.5. The van der Waals surface area contributed by atoms with E-state index in [1.165, 1.54) is 18.5 Å². The highest BCUT2D eigenvalue weighted by Gasteiger charge is 2.23. The molecule has 154 valence electrons. The van der Waals surface area contributed by atoms with Gasteiger partial charge in [0, 0.05) is 61.8 Å². The smallest absolute Gasteiger partial charge is 0.241 e. The summed E-state index contributed by atoms with van der Waals surface area (Å²) in [5.41, 5.74) is 7.78. The van der Waals surface area contributed by atoms with Crippen LogP contribution in [-0.4, -0.2) is 62.9 Å². The summed E-state index contributed by atoms with van der Waals surface area (Å²) in [6, 6.07) is 4.38. The Labute approximate surface area is 172 Å². The third-order valence-corrected chi connectivity index (χ3v) is 5.11. The van der Waals surface area contributed by atoms with Crippen molar-refractivity contribution < 1.29 is 9.18 Å². The SMILES string of the molecule is CN1CCN(c2cc(C(=N)c3cc(-c4cnn(C)c4)c(F)cc3N)ncn2)CC1=O. The van der Waals surface area contributed by atoms with E-state index < -0.39 is 5.82 Å². The second kappa shape index (κ2) is 7.54. The molecule has 2 aromatic heterocycles. The summed E-state index contributed by atoms with van der Waals surface area (Å²) in [6.07, 6.45) is 4.59. The zero-order valence-electron chi connectivity index (χ0n) is 16.6. The third kappa shape index (κ3) is 3.59. The lowest BCUT2D eigenvalue weighted by molar-refractivity contribution is -0.129. The molecule has 1 aromatic carbocycles. The van der Waals surface area contributed by atoms with Gasteiger partial charge in [-0.2, -0.15) is 5.10 Å². The van der Waals surface area contributed by atoms with Gasteiger partial charge in [-0.15, -0.1) is 0 Å². The molecule has 3 N–H and O–H groups in total. The molecule has 0 radical (unpaired) electrons. The highest BCUT2D eigenvalue weighted by atomic mass is 19.1. The highest BCUT2D eigenvalue weighted by molar-refractivity contribution is 6.13. The number of nitrogen functional groups attached to an aromatic ring is 1. The predicted molar refractivity (Wildman–Crippen MR) is 111 cm³/mol. The first-order chi connectivity index (χ1) is 14.3. The molecule has 0 saturated carbocycles. The van der Waals surface area contributed by atoms with Crippen LogP contribution in [0.4, 0.5) is 15.9 Å². The minimum absolute atomic E-state index is 0.000352. The van der Waals surface area contributed by atoms with Crippen molar-refractivity contribution in [3.63, 3.8) is 0 Å². The van der Waals surface area contributed by atoms with E-state index in [1.807, 2.05) is 4.90 Å². The van der Waals surface area contributed by atoms with Crippen molar-refractivity contribution in [1.29, 1.82) is 5.41 Å². The van der Waals surface area contributed by atoms with Crippen LogP contribution in [0, 0.1) is 11.2 Å². The first-order valence-corrected chi connectivity index (χ1v) is 9.32. The number of aromatic nitrogens is 4. The van der Waals surface area contributed by atoms with E-state index >= 15 is 0 Å². The zero-order chi connectivity index (χ0) is 21.4. The van der Waals surface area contributed by atoms with Crippen LogP contribution in [0.1, 0.15) is 11.3 Å². The first-order valence-electron chi connectivity index (χ1n) is 9.32. The zero-order valence-corrected chi connectivity index (χ0v) is 16.6. The van der Waals surface area contributed by atoms with Crippen molar-refractivity contribution in [1.82, 2.24) is 24.6 Å². The summed E-state index contributed by atoms with van der Waals surface area (Å²) in [5, 5.41) is 12.7. The van der Waals surface area contributed by atoms with Crippen LogP contribution in [0.5, 0.6) is 0 Å². The Morgan fingerprint density at radius 1 is 1.20 bits per heavy atom. The predicted octanol–water partition coefficient (Wildman–Crippen LogP) is 1.29. The lowest BCUT2D eigenvalue weighted by Crippen LogP contribution is -2.48. The molecule has 1 aliphatic rings. The lowest BCUT2D eigenvalue weighted by Gasteiger charge is -2.32. The molecule has 0 bridgehead atoms. The maximum Gasteiger partial charge on any atom is 0.241 e. The number of aryl methyl sites for hydroxylation is 1. The number of carbonyl (C=O) groups excluding carboxylic acids is 1. The Hall–Kier alpha value is -3.82. The minimum Gasteiger partial charge on any atom is -0.398 e. The normalized spacial score (nSPS) is 14.3. The number of hydrogen-bond acceptors (Lipinski definition) is 7. The highest BCUT2D eigenvalue weighted by Crippen LogP contribution is 2.28. The number of amides is 1. The van der Waals surface area contributed by atoms with Gasteiger partial charge < -0.3 is 15.5 Å². The van der Waals surface area contributed by atoms with Crippen LogP contribution in [-0.2, 0) is 11.8 Å². The quantitative estimate of drug-likeness (QED) is 0.496. The lowest BCUT2D eigenvalue weighted by atomic mass is 9.99. The molecule has 0 spiro atoms. The van der Waals surface area contributed by atoms with E-state index in [-0.39, 0.29) is 23.9 Å². The van der Waals surface area contributed by atoms with Gasteiger partial charge in [0.2, 0.25) is 5.91 Å². The summed E-state index contributed by atoms with van der Waals surface area (Å²) in [7, 11) is 3.51. The van der Waals surface area contributed by atoms with Gasteiger partial charge in [0.15, 0.2) is 0 Å². The van der Waals surface area contributed by atoms with Crippen molar-refractivity contribution >= 4 is 23.1 Å². The minimum atomic E-state index is -0.489. The van der Waals surface area contributed by atoms with Crippen molar-refractivity contribution in [2.75, 3.05) is 37.3 Å². The number of carbonyl (C=O) groups is 1. The average molecular weight is 408 g/mol. The maximum absolute atomic E-state index is 14.5. The molecule has 3 aromatic rings. The summed E-state index contributed by atoms with van der Waals surface area (Å²) in [4.78, 5) is 24.0. The number of rotatable bonds is 4. The molecule has 4 rings (SSSR count). The van der Waals surface area contributed by atoms with Crippen molar-refractivity contribution in [3.8, 4) is 11.1 Å². The summed E-state index contributed by atoms with van der Waals surface area (Å²) >= 11 is 0. The average Bonchev–Trinajstić information content (AvgIpc) is 3.16. The topological polar surface area (TPSA) is 117 Å². The molecule has 30 heavy (non-hydrogen) atoms. The standard InChI is InChI=1S/C20H21FN8O/c1-27-3-4-29(10-19(27)30)18-7-17(24-11-25-18)20(23)14-5-13(15(21)6-16(14)22)12-8-26-28(2)9-12/h5-9,11,23H,3-4,10,22H2,1-2H3. The van der Waals surface area contributed by atoms with E-state index in [1.54, 1.807) is 42.1 Å². The van der Waals surface area contributed by atoms with Crippen LogP contribution >= 0.6 is 0 Å². The number of hydrogen-bond donors (Lipinski definition) is 2. The number of nitrogens with one attached hydrogen (secondary N) is 1. The molecule has 0 aliphatic carbocycles. The van der Waals surface area contributed by atoms with Crippen molar-refractivity contribution in [3.05, 3.63) is 54.0 Å². The Balaban J connectivity index is 1.67. The fourth-order valence-electron chi connectivity index (χ4n) is 3.34. The molecule has 1 saturated heterocycles. The van der Waals surface area contributed by atoms with E-state index in [0.29, 0.717) is 41.3 Å². The van der Waals surface area contributed by atoms with Crippen LogP contribution < -0.4 is 10.6 Å². The largest absolute Gasteiger partial charge is 0.398 e. The Morgan fingerprint density at radius 3 is 2.70 bits per heavy atom. The van der Waals surface area contributed by atoms with Gasteiger partial charge in [0.1, 0.15) is 18.0 Å². The molecular formula is C20H21FN8O. The summed E-state index contributed by atoms with van der Waals surface area (Å²) in [5.74, 6) is 0.0659. The number of nitrogens with two attached hydrogens (primary N) is 1. The Bertz CT molecular complexity index is 1140. The molecule has 9 nitrogen and oxygen atoms in total. The van der Waals surface area contributed by atoms with E-state index in [0.717, 1.165) is 0 Å². The summed E-state index contributed by atoms with van der Waals surface area (Å²) < 4.78 is 16.1. The second-order valence-corrected chi connectivity index (χ2v) is 7.20. The molecule has 0 unspecified atom stereocenters. The fraction of sp³-hybridized carbons (Fsp3) is 0.250. The number of likely N-dealkylation sites (N-methyl/N-ethyl adjacent to an activating group) is 1. The fourth-order valence-corrected chi connectivity index (χ4v) is 3.34. The molecular weight excluding hydrogens is 387 g/mol. The second-order valence-electron chi connectivity index (χ2n) is 7.20. The van der Waals surface area contributed by atoms with Gasteiger partial charge >= 0.3 is 0 Å². The number of anilines is 2. The summed E-state index contributed by atoms with van der Waals surface area (Å²) in [6.45, 7) is 1.44. The van der Waals surface area contributed by atoms with Crippen LogP contribution in [0.2, 0.25) is 0 Å². The molecule has 0 atom stereocenters. The van der Waals surface area contributed by atoms with Crippen LogP contribution in [0.3, 0.4) is 0 Å². The Morgan fingerprint density at radius 2 is 2.00 bits per heavy atom. The van der Waals surface area contributed by atoms with E-state index in [2.05, 4.69) is 15.1 Å². The monoisotopic (exact) mass is 408 g/mol. The Kier molecular flexibility index (Phi) is 4.90. The molecule has 3 heterocycles. The van der Waals surface area contributed by atoms with Crippen LogP contribution in [0.15, 0.2) is 36.9 Å². The molecule has 10 heteroatoms. The molecule has 1 aliphatic heterocycles.